The Bertz CT molecular complexity index is 976. The van der Waals surface area contributed by atoms with Crippen LogP contribution in [0.2, 0.25) is 0 Å². The number of hydrogen-bond acceptors (Lipinski definition) is 7. The molecule has 0 spiro atoms. The Morgan fingerprint density at radius 3 is 2.33 bits per heavy atom. The lowest BCUT2D eigenvalue weighted by Crippen LogP contribution is -2.55. The Kier molecular flexibility index (Phi) is 14.3. The molecule has 2 unspecified atom stereocenters. The van der Waals surface area contributed by atoms with Crippen molar-refractivity contribution in [2.45, 2.75) is 102 Å². The van der Waals surface area contributed by atoms with E-state index in [1.54, 1.807) is 11.8 Å². The summed E-state index contributed by atoms with van der Waals surface area (Å²) in [6.45, 7) is 9.90. The number of benzene rings is 1. The minimum Gasteiger partial charge on any atom is -0.444 e. The molecule has 1 aliphatic carbocycles. The van der Waals surface area contributed by atoms with Crippen LogP contribution >= 0.6 is 23.5 Å². The molecule has 2 N–H and O–H groups in total. The molecule has 1 aromatic rings. The van der Waals surface area contributed by atoms with Crippen molar-refractivity contribution in [2.75, 3.05) is 37.4 Å². The number of carbonyl (C=O) groups excluding carboxylic acids is 3. The molecule has 1 heterocycles. The Morgan fingerprint density at radius 2 is 1.71 bits per heavy atom. The number of rotatable bonds is 13. The van der Waals surface area contributed by atoms with Gasteiger partial charge in [0.25, 0.3) is 0 Å². The van der Waals surface area contributed by atoms with Crippen molar-refractivity contribution < 1.29 is 19.1 Å². The second-order valence-electron chi connectivity index (χ2n) is 12.6. The van der Waals surface area contributed by atoms with Crippen molar-refractivity contribution in [3.05, 3.63) is 35.9 Å². The number of carbonyl (C=O) groups is 3. The molecule has 1 saturated carbocycles. The van der Waals surface area contributed by atoms with Crippen LogP contribution in [0.4, 0.5) is 4.79 Å². The second-order valence-corrected chi connectivity index (χ2v) is 14.9. The number of hydrogen-bond donors (Lipinski definition) is 2. The van der Waals surface area contributed by atoms with Crippen LogP contribution in [0.15, 0.2) is 30.3 Å². The van der Waals surface area contributed by atoms with Gasteiger partial charge in [-0.2, -0.15) is 11.8 Å². The molecule has 10 heteroatoms. The average molecular weight is 621 g/mol. The first kappa shape index (κ1) is 34.6. The SMILES string of the molecule is CSC(C)N(CC(=O)NC(CSCC1CCCCC1)C(=O)NC1CCN(Cc2ccccc2)CC1)C(=O)OC(C)(C)C. The summed E-state index contributed by atoms with van der Waals surface area (Å²) in [4.78, 5) is 43.5. The lowest BCUT2D eigenvalue weighted by Gasteiger charge is -2.33. The van der Waals surface area contributed by atoms with Crippen LogP contribution in [0.5, 0.6) is 0 Å². The predicted molar refractivity (Wildman–Crippen MR) is 175 cm³/mol. The molecule has 2 aliphatic rings. The first-order chi connectivity index (χ1) is 20.0. The number of piperidine rings is 1. The predicted octanol–water partition coefficient (Wildman–Crippen LogP) is 5.51. The van der Waals surface area contributed by atoms with Crippen LogP contribution in [-0.2, 0) is 20.9 Å². The summed E-state index contributed by atoms with van der Waals surface area (Å²) in [5.41, 5.74) is 0.632. The van der Waals surface area contributed by atoms with Gasteiger partial charge in [0.05, 0.1) is 5.37 Å². The maximum atomic E-state index is 13.5. The Hall–Kier alpha value is -1.91. The molecule has 2 fully saturated rings. The van der Waals surface area contributed by atoms with Gasteiger partial charge in [-0.1, -0.05) is 49.6 Å². The molecule has 3 amide bonds. The van der Waals surface area contributed by atoms with Gasteiger partial charge < -0.3 is 15.4 Å². The molecular weight excluding hydrogens is 569 g/mol. The molecule has 1 aromatic carbocycles. The fraction of sp³-hybridized carbons (Fsp3) is 0.719. The van der Waals surface area contributed by atoms with Crippen LogP contribution in [-0.4, -0.2) is 88.2 Å². The maximum Gasteiger partial charge on any atom is 0.411 e. The van der Waals surface area contributed by atoms with Crippen molar-refractivity contribution in [1.29, 1.82) is 0 Å². The summed E-state index contributed by atoms with van der Waals surface area (Å²) in [6.07, 6.45) is 9.49. The lowest BCUT2D eigenvalue weighted by molar-refractivity contribution is -0.129. The Morgan fingerprint density at radius 1 is 1.05 bits per heavy atom. The van der Waals surface area contributed by atoms with E-state index < -0.39 is 17.7 Å². The highest BCUT2D eigenvalue weighted by Crippen LogP contribution is 2.27. The fourth-order valence-corrected chi connectivity index (χ4v) is 7.14. The van der Waals surface area contributed by atoms with Crippen LogP contribution in [0.25, 0.3) is 0 Å². The van der Waals surface area contributed by atoms with E-state index in [2.05, 4.69) is 39.8 Å². The number of nitrogens with one attached hydrogen (secondary N) is 2. The molecule has 42 heavy (non-hydrogen) atoms. The summed E-state index contributed by atoms with van der Waals surface area (Å²) in [5.74, 6) is 1.72. The van der Waals surface area contributed by atoms with Crippen molar-refractivity contribution in [2.24, 2.45) is 5.92 Å². The quantitative estimate of drug-likeness (QED) is 0.281. The van der Waals surface area contributed by atoms with Crippen LogP contribution in [0, 0.1) is 5.92 Å². The normalized spacial score (nSPS) is 18.6. The molecule has 1 aliphatic heterocycles. The summed E-state index contributed by atoms with van der Waals surface area (Å²) in [5, 5.41) is 5.96. The molecule has 236 valence electrons. The van der Waals surface area contributed by atoms with Crippen LogP contribution < -0.4 is 10.6 Å². The van der Waals surface area contributed by atoms with Crippen molar-refractivity contribution >= 4 is 41.4 Å². The zero-order valence-electron chi connectivity index (χ0n) is 26.2. The smallest absolute Gasteiger partial charge is 0.411 e. The van der Waals surface area contributed by atoms with E-state index in [0.29, 0.717) is 11.7 Å². The van der Waals surface area contributed by atoms with E-state index in [1.165, 1.54) is 54.3 Å². The van der Waals surface area contributed by atoms with E-state index in [-0.39, 0.29) is 29.8 Å². The first-order valence-electron chi connectivity index (χ1n) is 15.5. The average Bonchev–Trinajstić information content (AvgIpc) is 2.96. The third kappa shape index (κ3) is 12.4. The summed E-state index contributed by atoms with van der Waals surface area (Å²) in [7, 11) is 0. The third-order valence-corrected chi connectivity index (χ3v) is 10.1. The summed E-state index contributed by atoms with van der Waals surface area (Å²) >= 11 is 3.22. The first-order valence-corrected chi connectivity index (χ1v) is 17.9. The summed E-state index contributed by atoms with van der Waals surface area (Å²) < 4.78 is 5.56. The standard InChI is InChI=1S/C32H52N4O4S2/c1-24(41-5)36(31(39)40-32(2,3)4)21-29(37)34-28(23-42-22-26-14-10-7-11-15-26)30(38)33-27-16-18-35(19-17-27)20-25-12-8-6-9-13-25/h6,8-9,12-13,24,26-28H,7,10-11,14-23H2,1-5H3,(H,33,38)(H,34,37). The molecule has 0 bridgehead atoms. The zero-order valence-corrected chi connectivity index (χ0v) is 27.9. The second kappa shape index (κ2) is 17.4. The topological polar surface area (TPSA) is 91.0 Å². The molecule has 0 aromatic heterocycles. The molecule has 3 rings (SSSR count). The van der Waals surface area contributed by atoms with Crippen molar-refractivity contribution in [3.8, 4) is 0 Å². The largest absolute Gasteiger partial charge is 0.444 e. The van der Waals surface area contributed by atoms with Crippen LogP contribution in [0.1, 0.15) is 78.2 Å². The van der Waals surface area contributed by atoms with Gasteiger partial charge in [0.1, 0.15) is 18.2 Å². The molecular formula is C32H52N4O4S2. The van der Waals surface area contributed by atoms with Gasteiger partial charge in [-0.15, -0.1) is 11.8 Å². The Labute approximate surface area is 261 Å². The molecule has 0 radical (unpaired) electrons. The van der Waals surface area contributed by atoms with E-state index in [1.807, 2.05) is 40.0 Å². The van der Waals surface area contributed by atoms with Crippen molar-refractivity contribution in [3.63, 3.8) is 0 Å². The Balaban J connectivity index is 1.58. The minimum absolute atomic E-state index is 0.0852. The van der Waals surface area contributed by atoms with Gasteiger partial charge in [-0.05, 0) is 76.9 Å². The fourth-order valence-electron chi connectivity index (χ4n) is 5.45. The number of nitrogens with zero attached hydrogens (tertiary/aromatic N) is 2. The van der Waals surface area contributed by atoms with Gasteiger partial charge in [-0.25, -0.2) is 4.79 Å². The van der Waals surface area contributed by atoms with Gasteiger partial charge in [0, 0.05) is 31.4 Å². The molecule has 1 saturated heterocycles. The van der Waals surface area contributed by atoms with E-state index in [0.717, 1.165) is 38.2 Å². The van der Waals surface area contributed by atoms with E-state index in [9.17, 15) is 14.4 Å². The van der Waals surface area contributed by atoms with E-state index >= 15 is 0 Å². The number of likely N-dealkylation sites (tertiary alicyclic amines) is 1. The third-order valence-electron chi connectivity index (χ3n) is 7.92. The number of ether oxygens (including phenoxy) is 1. The van der Waals surface area contributed by atoms with Gasteiger partial charge in [0.15, 0.2) is 0 Å². The monoisotopic (exact) mass is 620 g/mol. The highest BCUT2D eigenvalue weighted by Gasteiger charge is 2.31. The van der Waals surface area contributed by atoms with Gasteiger partial charge in [-0.3, -0.25) is 19.4 Å². The van der Waals surface area contributed by atoms with Crippen LogP contribution in [0.3, 0.4) is 0 Å². The zero-order chi connectivity index (χ0) is 30.5. The highest BCUT2D eigenvalue weighted by molar-refractivity contribution is 7.99. The van der Waals surface area contributed by atoms with Gasteiger partial charge in [0.2, 0.25) is 11.8 Å². The lowest BCUT2D eigenvalue weighted by atomic mass is 9.91. The van der Waals surface area contributed by atoms with Crippen molar-refractivity contribution in [1.82, 2.24) is 20.4 Å². The molecule has 8 nitrogen and oxygen atoms in total. The minimum atomic E-state index is -0.668. The number of amides is 3. The molecule has 2 atom stereocenters. The number of thioether (sulfide) groups is 2. The maximum absolute atomic E-state index is 13.5. The van der Waals surface area contributed by atoms with Gasteiger partial charge >= 0.3 is 6.09 Å². The highest BCUT2D eigenvalue weighted by atomic mass is 32.2. The summed E-state index contributed by atoms with van der Waals surface area (Å²) in [6, 6.07) is 9.90. The van der Waals surface area contributed by atoms with E-state index in [4.69, 9.17) is 4.74 Å².